The topological polar surface area (TPSA) is 88.7 Å². The van der Waals surface area contributed by atoms with Gasteiger partial charge < -0.3 is 9.47 Å². The largest absolute Gasteiger partial charge is 0.493 e. The molecule has 0 aliphatic carbocycles. The van der Waals surface area contributed by atoms with Crippen molar-refractivity contribution in [3.05, 3.63) is 42.5 Å². The average Bonchev–Trinajstić information content (AvgIpc) is 2.70. The van der Waals surface area contributed by atoms with E-state index in [0.717, 1.165) is 11.3 Å². The summed E-state index contributed by atoms with van der Waals surface area (Å²) in [7, 11) is 1.54. The molecule has 0 heterocycles. The maximum Gasteiger partial charge on any atom is 0.250 e. The van der Waals surface area contributed by atoms with E-state index in [1.165, 1.54) is 6.08 Å². The van der Waals surface area contributed by atoms with Crippen LogP contribution in [-0.4, -0.2) is 49.6 Å². The minimum Gasteiger partial charge on any atom is -0.493 e. The maximum absolute atomic E-state index is 12.4. The summed E-state index contributed by atoms with van der Waals surface area (Å²) < 4.78 is 10.8. The molecule has 1 rings (SSSR count). The third kappa shape index (κ3) is 9.65. The highest BCUT2D eigenvalue weighted by Gasteiger charge is 2.19. The molecule has 0 aliphatic heterocycles. The zero-order chi connectivity index (χ0) is 21.6. The van der Waals surface area contributed by atoms with E-state index in [-0.39, 0.29) is 11.9 Å². The van der Waals surface area contributed by atoms with Gasteiger partial charge in [0, 0.05) is 12.1 Å². The van der Waals surface area contributed by atoms with Crippen LogP contribution in [0.4, 0.5) is 0 Å². The van der Waals surface area contributed by atoms with Gasteiger partial charge in [0.15, 0.2) is 11.5 Å². The SMILES string of the molecule is C=CCOc1ccc(/C=C/C(=O)NC(=O)[C@H](CCSC)NNC(C)C)cc1OC. The number of nitrogens with one attached hydrogen (secondary N) is 3. The van der Waals surface area contributed by atoms with Crippen molar-refractivity contribution in [2.75, 3.05) is 25.7 Å². The molecule has 0 saturated heterocycles. The Bertz CT molecular complexity index is 707. The fourth-order valence-corrected chi connectivity index (χ4v) is 2.72. The second kappa shape index (κ2) is 13.8. The summed E-state index contributed by atoms with van der Waals surface area (Å²) in [6.07, 6.45) is 7.15. The third-order valence-corrected chi connectivity index (χ3v) is 4.34. The number of rotatable bonds is 13. The number of hydrazine groups is 1. The summed E-state index contributed by atoms with van der Waals surface area (Å²) in [5.74, 6) is 1.08. The summed E-state index contributed by atoms with van der Waals surface area (Å²) in [5, 5.41) is 2.41. The van der Waals surface area contributed by atoms with E-state index in [2.05, 4.69) is 22.7 Å². The Morgan fingerprint density at radius 1 is 1.24 bits per heavy atom. The number of hydrogen-bond acceptors (Lipinski definition) is 7. The van der Waals surface area contributed by atoms with E-state index in [1.807, 2.05) is 20.1 Å². The fraction of sp³-hybridized carbons (Fsp3) is 0.429. The van der Waals surface area contributed by atoms with E-state index in [4.69, 9.17) is 9.47 Å². The van der Waals surface area contributed by atoms with Crippen LogP contribution in [0.25, 0.3) is 6.08 Å². The number of benzene rings is 1. The molecule has 0 aromatic heterocycles. The first-order valence-corrected chi connectivity index (χ1v) is 10.7. The van der Waals surface area contributed by atoms with Gasteiger partial charge in [0.25, 0.3) is 5.91 Å². The average molecular weight is 422 g/mol. The molecule has 0 fully saturated rings. The molecule has 0 saturated carbocycles. The Labute approximate surface area is 177 Å². The summed E-state index contributed by atoms with van der Waals surface area (Å²) in [6.45, 7) is 7.91. The second-order valence-electron chi connectivity index (χ2n) is 6.47. The van der Waals surface area contributed by atoms with Crippen LogP contribution in [-0.2, 0) is 9.59 Å². The highest BCUT2D eigenvalue weighted by atomic mass is 32.2. The number of methoxy groups -OCH3 is 1. The van der Waals surface area contributed by atoms with Crippen LogP contribution in [0.3, 0.4) is 0 Å². The van der Waals surface area contributed by atoms with Crippen LogP contribution in [0.5, 0.6) is 11.5 Å². The van der Waals surface area contributed by atoms with E-state index in [1.54, 1.807) is 49.2 Å². The molecule has 0 bridgehead atoms. The summed E-state index contributed by atoms with van der Waals surface area (Å²) in [5.41, 5.74) is 6.74. The minimum absolute atomic E-state index is 0.170. The summed E-state index contributed by atoms with van der Waals surface area (Å²) in [6, 6.07) is 4.97. The lowest BCUT2D eigenvalue weighted by atomic mass is 10.2. The molecule has 160 valence electrons. The summed E-state index contributed by atoms with van der Waals surface area (Å²) >= 11 is 1.64. The van der Waals surface area contributed by atoms with Crippen molar-refractivity contribution < 1.29 is 19.1 Å². The van der Waals surface area contributed by atoms with Crippen LogP contribution in [0, 0.1) is 0 Å². The number of ether oxygens (including phenoxy) is 2. The van der Waals surface area contributed by atoms with Crippen molar-refractivity contribution in [1.82, 2.24) is 16.2 Å². The predicted octanol–water partition coefficient (Wildman–Crippen LogP) is 2.54. The van der Waals surface area contributed by atoms with Crippen molar-refractivity contribution >= 4 is 29.7 Å². The van der Waals surface area contributed by atoms with Gasteiger partial charge in [0.1, 0.15) is 12.6 Å². The van der Waals surface area contributed by atoms with E-state index in [9.17, 15) is 9.59 Å². The van der Waals surface area contributed by atoms with Gasteiger partial charge in [-0.1, -0.05) is 18.7 Å². The fourth-order valence-electron chi connectivity index (χ4n) is 2.25. The zero-order valence-corrected chi connectivity index (χ0v) is 18.3. The Balaban J connectivity index is 2.72. The molecule has 1 aromatic carbocycles. The summed E-state index contributed by atoms with van der Waals surface area (Å²) in [4.78, 5) is 24.6. The molecular weight excluding hydrogens is 390 g/mol. The van der Waals surface area contributed by atoms with Gasteiger partial charge in [-0.3, -0.25) is 20.3 Å². The molecule has 1 atom stereocenters. The Morgan fingerprint density at radius 2 is 2.00 bits per heavy atom. The molecule has 0 radical (unpaired) electrons. The molecule has 0 aliphatic rings. The molecule has 3 N–H and O–H groups in total. The van der Waals surface area contributed by atoms with Gasteiger partial charge in [-0.15, -0.1) is 0 Å². The number of carbonyl (C=O) groups excluding carboxylic acids is 2. The zero-order valence-electron chi connectivity index (χ0n) is 17.5. The van der Waals surface area contributed by atoms with E-state index >= 15 is 0 Å². The van der Waals surface area contributed by atoms with Crippen LogP contribution < -0.4 is 25.6 Å². The number of carbonyl (C=O) groups is 2. The van der Waals surface area contributed by atoms with Gasteiger partial charge >= 0.3 is 0 Å². The van der Waals surface area contributed by atoms with Crippen molar-refractivity contribution in [2.45, 2.75) is 32.4 Å². The van der Waals surface area contributed by atoms with Crippen LogP contribution in [0.2, 0.25) is 0 Å². The van der Waals surface area contributed by atoms with Crippen molar-refractivity contribution in [3.8, 4) is 11.5 Å². The smallest absolute Gasteiger partial charge is 0.250 e. The molecule has 29 heavy (non-hydrogen) atoms. The predicted molar refractivity (Wildman–Crippen MR) is 119 cm³/mol. The van der Waals surface area contributed by atoms with Gasteiger partial charge in [0.2, 0.25) is 5.91 Å². The first-order chi connectivity index (χ1) is 13.9. The minimum atomic E-state index is -0.497. The number of imide groups is 1. The first kappa shape index (κ1) is 24.7. The van der Waals surface area contributed by atoms with Crippen LogP contribution in [0.1, 0.15) is 25.8 Å². The van der Waals surface area contributed by atoms with Crippen LogP contribution >= 0.6 is 11.8 Å². The maximum atomic E-state index is 12.4. The Kier molecular flexibility index (Phi) is 11.8. The molecule has 8 heteroatoms. The van der Waals surface area contributed by atoms with Crippen molar-refractivity contribution in [2.24, 2.45) is 0 Å². The van der Waals surface area contributed by atoms with Gasteiger partial charge in [0.05, 0.1) is 7.11 Å². The highest BCUT2D eigenvalue weighted by molar-refractivity contribution is 7.98. The number of hydrogen-bond donors (Lipinski definition) is 3. The number of thioether (sulfide) groups is 1. The van der Waals surface area contributed by atoms with Gasteiger partial charge in [-0.05, 0) is 56.0 Å². The standard InChI is InChI=1S/C21H31N3O4S/c1-6-12-28-18-9-7-16(14-19(18)27-4)8-10-20(25)22-21(26)17(11-13-29-5)24-23-15(2)3/h6-10,14-15,17,23-24H,1,11-13H2,2-5H3,(H,22,25,26)/b10-8+/t17-/m0/s1. The quantitative estimate of drug-likeness (QED) is 0.256. The van der Waals surface area contributed by atoms with Crippen LogP contribution in [0.15, 0.2) is 36.9 Å². The monoisotopic (exact) mass is 421 g/mol. The lowest BCUT2D eigenvalue weighted by Crippen LogP contribution is -2.53. The van der Waals surface area contributed by atoms with E-state index < -0.39 is 11.9 Å². The Hall–Kier alpha value is -2.29. The lowest BCUT2D eigenvalue weighted by Gasteiger charge is -2.19. The molecule has 0 spiro atoms. The second-order valence-corrected chi connectivity index (χ2v) is 7.46. The third-order valence-electron chi connectivity index (χ3n) is 3.69. The van der Waals surface area contributed by atoms with Crippen molar-refractivity contribution in [1.29, 1.82) is 0 Å². The molecular formula is C21H31N3O4S. The first-order valence-electron chi connectivity index (χ1n) is 9.35. The van der Waals surface area contributed by atoms with E-state index in [0.29, 0.717) is 24.5 Å². The normalized spacial score (nSPS) is 12.0. The van der Waals surface area contributed by atoms with Gasteiger partial charge in [-0.2, -0.15) is 11.8 Å². The molecule has 0 unspecified atom stereocenters. The molecule has 2 amide bonds. The highest BCUT2D eigenvalue weighted by Crippen LogP contribution is 2.28. The lowest BCUT2D eigenvalue weighted by molar-refractivity contribution is -0.129. The molecule has 7 nitrogen and oxygen atoms in total. The van der Waals surface area contributed by atoms with Crippen molar-refractivity contribution in [3.63, 3.8) is 0 Å². The van der Waals surface area contributed by atoms with Gasteiger partial charge in [-0.25, -0.2) is 5.43 Å². The Morgan fingerprint density at radius 3 is 2.62 bits per heavy atom. The number of amides is 2. The molecule has 1 aromatic rings.